The average Bonchev–Trinajstić information content (AvgIpc) is 2.74. The Morgan fingerprint density at radius 1 is 1.03 bits per heavy atom. The summed E-state index contributed by atoms with van der Waals surface area (Å²) in [5.74, 6) is 0.378. The molecule has 0 fully saturated rings. The predicted molar refractivity (Wildman–Crippen MR) is 121 cm³/mol. The van der Waals surface area contributed by atoms with Crippen LogP contribution < -0.4 is 10.1 Å². The van der Waals surface area contributed by atoms with Crippen LogP contribution >= 0.6 is 0 Å². The first-order chi connectivity index (χ1) is 14.4. The van der Waals surface area contributed by atoms with Gasteiger partial charge in [-0.15, -0.1) is 0 Å². The van der Waals surface area contributed by atoms with Crippen molar-refractivity contribution in [3.8, 4) is 5.75 Å². The van der Waals surface area contributed by atoms with Crippen molar-refractivity contribution in [3.63, 3.8) is 0 Å². The summed E-state index contributed by atoms with van der Waals surface area (Å²) in [4.78, 5) is 27.6. The molecule has 0 saturated heterocycles. The summed E-state index contributed by atoms with van der Waals surface area (Å²) in [6, 6.07) is 13.3. The van der Waals surface area contributed by atoms with Crippen LogP contribution in [0, 0.1) is 20.8 Å². The van der Waals surface area contributed by atoms with E-state index < -0.39 is 6.04 Å². The smallest absolute Gasteiger partial charge is 0.261 e. The molecule has 0 radical (unpaired) electrons. The Morgan fingerprint density at radius 3 is 2.37 bits per heavy atom. The Labute approximate surface area is 180 Å². The lowest BCUT2D eigenvalue weighted by Gasteiger charge is -2.30. The summed E-state index contributed by atoms with van der Waals surface area (Å²) in [7, 11) is 0. The number of aryl methyl sites for hydroxylation is 2. The Bertz CT molecular complexity index is 846. The Hall–Kier alpha value is -2.82. The third kappa shape index (κ3) is 6.34. The van der Waals surface area contributed by atoms with E-state index >= 15 is 0 Å². The van der Waals surface area contributed by atoms with Crippen molar-refractivity contribution < 1.29 is 14.3 Å². The van der Waals surface area contributed by atoms with Crippen LogP contribution in [-0.4, -0.2) is 35.9 Å². The third-order valence-electron chi connectivity index (χ3n) is 5.31. The number of carbonyl (C=O) groups is 2. The van der Waals surface area contributed by atoms with Gasteiger partial charge in [-0.05, 0) is 56.4 Å². The van der Waals surface area contributed by atoms with Gasteiger partial charge in [0.05, 0.1) is 0 Å². The predicted octanol–water partition coefficient (Wildman–Crippen LogP) is 4.32. The minimum absolute atomic E-state index is 0.103. The molecule has 30 heavy (non-hydrogen) atoms. The molecule has 5 heteroatoms. The summed E-state index contributed by atoms with van der Waals surface area (Å²) < 4.78 is 5.85. The zero-order valence-corrected chi connectivity index (χ0v) is 18.8. The van der Waals surface area contributed by atoms with Crippen molar-refractivity contribution in [1.29, 1.82) is 0 Å². The molecule has 0 unspecified atom stereocenters. The number of rotatable bonds is 10. The van der Waals surface area contributed by atoms with Gasteiger partial charge in [0.2, 0.25) is 5.91 Å². The minimum Gasteiger partial charge on any atom is -0.483 e. The number of nitrogens with one attached hydrogen (secondary N) is 1. The second kappa shape index (κ2) is 11.4. The van der Waals surface area contributed by atoms with Gasteiger partial charge in [0, 0.05) is 13.1 Å². The van der Waals surface area contributed by atoms with Gasteiger partial charge in [-0.25, -0.2) is 0 Å². The summed E-state index contributed by atoms with van der Waals surface area (Å²) in [6.45, 7) is 10.8. The van der Waals surface area contributed by atoms with Crippen LogP contribution in [0.2, 0.25) is 0 Å². The summed E-state index contributed by atoms with van der Waals surface area (Å²) in [6.07, 6.45) is 1.39. The van der Waals surface area contributed by atoms with Gasteiger partial charge in [-0.3, -0.25) is 9.59 Å². The standard InChI is InChI=1S/C25H34N2O3/c1-6-15-26-25(29)22(7-2)27(16-21-13-11-18(3)12-14-21)24(28)17-30-23-10-8-9-19(4)20(23)5/h8-14,22H,6-7,15-17H2,1-5H3,(H,26,29)/t22-/m0/s1. The molecule has 2 rings (SSSR count). The van der Waals surface area contributed by atoms with Gasteiger partial charge < -0.3 is 15.0 Å². The van der Waals surface area contributed by atoms with E-state index in [1.165, 1.54) is 0 Å². The molecule has 0 aliphatic rings. The van der Waals surface area contributed by atoms with E-state index in [2.05, 4.69) is 5.32 Å². The number of amides is 2. The average molecular weight is 411 g/mol. The van der Waals surface area contributed by atoms with Crippen molar-refractivity contribution in [2.45, 2.75) is 60.0 Å². The Kier molecular flexibility index (Phi) is 8.90. The van der Waals surface area contributed by atoms with E-state index in [1.54, 1.807) is 4.90 Å². The highest BCUT2D eigenvalue weighted by Gasteiger charge is 2.28. The molecule has 5 nitrogen and oxygen atoms in total. The second-order valence-electron chi connectivity index (χ2n) is 7.71. The molecule has 0 aliphatic carbocycles. The van der Waals surface area contributed by atoms with Crippen molar-refractivity contribution >= 4 is 11.8 Å². The minimum atomic E-state index is -0.535. The maximum absolute atomic E-state index is 13.2. The van der Waals surface area contributed by atoms with Gasteiger partial charge in [-0.2, -0.15) is 0 Å². The molecule has 0 heterocycles. The number of ether oxygens (including phenoxy) is 1. The molecule has 0 saturated carbocycles. The number of carbonyl (C=O) groups excluding carboxylic acids is 2. The van der Waals surface area contributed by atoms with E-state index in [4.69, 9.17) is 4.74 Å². The lowest BCUT2D eigenvalue weighted by molar-refractivity contribution is -0.143. The topological polar surface area (TPSA) is 58.6 Å². The molecule has 0 bridgehead atoms. The first-order valence-electron chi connectivity index (χ1n) is 10.7. The van der Waals surface area contributed by atoms with Gasteiger partial charge >= 0.3 is 0 Å². The third-order valence-corrected chi connectivity index (χ3v) is 5.31. The summed E-state index contributed by atoms with van der Waals surface area (Å²) >= 11 is 0. The highest BCUT2D eigenvalue weighted by molar-refractivity contribution is 5.88. The van der Waals surface area contributed by atoms with Crippen LogP contribution in [0.25, 0.3) is 0 Å². The second-order valence-corrected chi connectivity index (χ2v) is 7.71. The molecule has 0 aromatic heterocycles. The summed E-state index contributed by atoms with van der Waals surface area (Å²) in [5.41, 5.74) is 4.27. The normalized spacial score (nSPS) is 11.6. The van der Waals surface area contributed by atoms with Crippen LogP contribution in [0.3, 0.4) is 0 Å². The first kappa shape index (κ1) is 23.5. The van der Waals surface area contributed by atoms with Crippen molar-refractivity contribution in [2.24, 2.45) is 0 Å². The van der Waals surface area contributed by atoms with Gasteiger partial charge in [0.1, 0.15) is 11.8 Å². The monoisotopic (exact) mass is 410 g/mol. The molecular formula is C25H34N2O3. The Balaban J connectivity index is 2.21. The number of nitrogens with zero attached hydrogens (tertiary/aromatic N) is 1. The summed E-state index contributed by atoms with van der Waals surface area (Å²) in [5, 5.41) is 2.93. The van der Waals surface area contributed by atoms with E-state index in [0.717, 1.165) is 28.7 Å². The highest BCUT2D eigenvalue weighted by Crippen LogP contribution is 2.21. The van der Waals surface area contributed by atoms with Crippen LogP contribution in [0.4, 0.5) is 0 Å². The van der Waals surface area contributed by atoms with E-state index in [1.807, 2.05) is 77.1 Å². The molecule has 2 aromatic carbocycles. The maximum atomic E-state index is 13.2. The molecule has 2 aromatic rings. The zero-order valence-electron chi connectivity index (χ0n) is 18.8. The molecule has 162 valence electrons. The SMILES string of the molecule is CCCNC(=O)[C@H](CC)N(Cc1ccc(C)cc1)C(=O)COc1cccc(C)c1C. The van der Waals surface area contributed by atoms with Crippen LogP contribution in [0.1, 0.15) is 48.9 Å². The van der Waals surface area contributed by atoms with Gasteiger partial charge in [0.15, 0.2) is 6.61 Å². The fourth-order valence-corrected chi connectivity index (χ4v) is 3.28. The van der Waals surface area contributed by atoms with Crippen LogP contribution in [0.5, 0.6) is 5.75 Å². The fraction of sp³-hybridized carbons (Fsp3) is 0.440. The fourth-order valence-electron chi connectivity index (χ4n) is 3.28. The lowest BCUT2D eigenvalue weighted by Crippen LogP contribution is -2.50. The van der Waals surface area contributed by atoms with Crippen LogP contribution in [0.15, 0.2) is 42.5 Å². The van der Waals surface area contributed by atoms with Crippen molar-refractivity contribution in [1.82, 2.24) is 10.2 Å². The quantitative estimate of drug-likeness (QED) is 0.634. The van der Waals surface area contributed by atoms with Crippen molar-refractivity contribution in [3.05, 3.63) is 64.7 Å². The molecular weight excluding hydrogens is 376 g/mol. The van der Waals surface area contributed by atoms with E-state index in [0.29, 0.717) is 25.3 Å². The molecule has 2 amide bonds. The Morgan fingerprint density at radius 2 is 1.73 bits per heavy atom. The number of hydrogen-bond acceptors (Lipinski definition) is 3. The largest absolute Gasteiger partial charge is 0.483 e. The highest BCUT2D eigenvalue weighted by atomic mass is 16.5. The maximum Gasteiger partial charge on any atom is 0.261 e. The number of hydrogen-bond donors (Lipinski definition) is 1. The molecule has 0 aliphatic heterocycles. The van der Waals surface area contributed by atoms with Crippen LogP contribution in [-0.2, 0) is 16.1 Å². The van der Waals surface area contributed by atoms with Gasteiger partial charge in [-0.1, -0.05) is 55.8 Å². The number of benzene rings is 2. The van der Waals surface area contributed by atoms with Gasteiger partial charge in [0.25, 0.3) is 5.91 Å². The molecule has 1 N–H and O–H groups in total. The molecule has 1 atom stereocenters. The van der Waals surface area contributed by atoms with E-state index in [9.17, 15) is 9.59 Å². The van der Waals surface area contributed by atoms with Crippen molar-refractivity contribution in [2.75, 3.05) is 13.2 Å². The zero-order chi connectivity index (χ0) is 22.1. The first-order valence-corrected chi connectivity index (χ1v) is 10.7. The molecule has 0 spiro atoms. The lowest BCUT2D eigenvalue weighted by atomic mass is 10.1. The van der Waals surface area contributed by atoms with E-state index in [-0.39, 0.29) is 18.4 Å².